The van der Waals surface area contributed by atoms with Gasteiger partial charge in [0.05, 0.1) is 0 Å². The smallest absolute Gasteiger partial charge is 0.287 e. The number of nitrogens with two attached hydrogens (primary N) is 1. The van der Waals surface area contributed by atoms with E-state index in [1.807, 2.05) is 5.43 Å². The molecule has 18 heavy (non-hydrogen) atoms. The number of nitrogen functional groups attached to an aromatic ring is 1. The van der Waals surface area contributed by atoms with Crippen LogP contribution in [0, 0.1) is 5.82 Å². The van der Waals surface area contributed by atoms with E-state index < -0.39 is 5.91 Å². The number of halogens is 1. The van der Waals surface area contributed by atoms with Gasteiger partial charge < -0.3 is 9.26 Å². The predicted octanol–water partition coefficient (Wildman–Crippen LogP) is 0.996. The summed E-state index contributed by atoms with van der Waals surface area (Å²) >= 11 is 0. The number of hydrazine groups is 1. The third-order valence-corrected chi connectivity index (χ3v) is 2.12. The summed E-state index contributed by atoms with van der Waals surface area (Å²) < 4.78 is 22.8. The molecule has 0 aliphatic rings. The topological polar surface area (TPSA) is 90.4 Å². The molecule has 94 valence electrons. The Hall–Kier alpha value is -2.41. The van der Waals surface area contributed by atoms with Crippen LogP contribution in [0.3, 0.4) is 0 Å². The van der Waals surface area contributed by atoms with Gasteiger partial charge in [0.1, 0.15) is 18.2 Å². The maximum absolute atomic E-state index is 12.6. The summed E-state index contributed by atoms with van der Waals surface area (Å²) in [4.78, 5) is 11.1. The molecule has 1 amide bonds. The number of nitrogens with zero attached hydrogens (tertiary/aromatic N) is 1. The van der Waals surface area contributed by atoms with Gasteiger partial charge in [0.25, 0.3) is 5.91 Å². The van der Waals surface area contributed by atoms with Gasteiger partial charge in [-0.2, -0.15) is 0 Å². The van der Waals surface area contributed by atoms with E-state index in [-0.39, 0.29) is 18.1 Å². The molecule has 0 bridgehead atoms. The van der Waals surface area contributed by atoms with E-state index in [0.717, 1.165) is 0 Å². The third kappa shape index (κ3) is 2.83. The van der Waals surface area contributed by atoms with Gasteiger partial charge in [-0.05, 0) is 24.3 Å². The SMILES string of the molecule is NNC(=O)c1cc(COc2ccc(F)cc2)on1. The molecule has 0 saturated heterocycles. The predicted molar refractivity (Wildman–Crippen MR) is 58.9 cm³/mol. The van der Waals surface area contributed by atoms with E-state index >= 15 is 0 Å². The first-order chi connectivity index (χ1) is 8.69. The molecule has 1 aromatic heterocycles. The Bertz CT molecular complexity index is 539. The van der Waals surface area contributed by atoms with Crippen LogP contribution in [0.2, 0.25) is 0 Å². The summed E-state index contributed by atoms with van der Waals surface area (Å²) in [5.74, 6) is 4.89. The molecule has 0 unspecified atom stereocenters. The normalized spacial score (nSPS) is 10.1. The minimum Gasteiger partial charge on any atom is -0.486 e. The number of carbonyl (C=O) groups is 1. The molecule has 2 aromatic rings. The van der Waals surface area contributed by atoms with Gasteiger partial charge >= 0.3 is 0 Å². The lowest BCUT2D eigenvalue weighted by molar-refractivity contribution is 0.0944. The molecule has 0 aliphatic carbocycles. The van der Waals surface area contributed by atoms with E-state index in [0.29, 0.717) is 11.5 Å². The molecule has 1 heterocycles. The second-order valence-corrected chi connectivity index (χ2v) is 3.39. The Balaban J connectivity index is 1.96. The number of hydrogen-bond acceptors (Lipinski definition) is 5. The summed E-state index contributed by atoms with van der Waals surface area (Å²) in [6, 6.07) is 6.94. The van der Waals surface area contributed by atoms with Gasteiger partial charge in [-0.3, -0.25) is 10.2 Å². The fourth-order valence-corrected chi connectivity index (χ4v) is 1.25. The molecular formula is C11H10FN3O3. The van der Waals surface area contributed by atoms with Crippen molar-refractivity contribution >= 4 is 5.91 Å². The number of aromatic nitrogens is 1. The van der Waals surface area contributed by atoms with Crippen LogP contribution in [-0.4, -0.2) is 11.1 Å². The molecule has 0 radical (unpaired) electrons. The lowest BCUT2D eigenvalue weighted by Crippen LogP contribution is -2.30. The maximum atomic E-state index is 12.6. The molecule has 6 nitrogen and oxygen atoms in total. The van der Waals surface area contributed by atoms with Crippen LogP contribution in [0.15, 0.2) is 34.9 Å². The molecular weight excluding hydrogens is 241 g/mol. The van der Waals surface area contributed by atoms with E-state index in [1.165, 1.54) is 30.3 Å². The molecule has 7 heteroatoms. The second-order valence-electron chi connectivity index (χ2n) is 3.39. The number of nitrogens with one attached hydrogen (secondary N) is 1. The summed E-state index contributed by atoms with van der Waals surface area (Å²) in [6.07, 6.45) is 0. The van der Waals surface area contributed by atoms with Crippen LogP contribution < -0.4 is 16.0 Å². The Morgan fingerprint density at radius 3 is 2.83 bits per heavy atom. The van der Waals surface area contributed by atoms with E-state index in [9.17, 15) is 9.18 Å². The van der Waals surface area contributed by atoms with Crippen molar-refractivity contribution < 1.29 is 18.4 Å². The highest BCUT2D eigenvalue weighted by molar-refractivity contribution is 5.91. The lowest BCUT2D eigenvalue weighted by Gasteiger charge is -2.02. The fourth-order valence-electron chi connectivity index (χ4n) is 1.25. The number of rotatable bonds is 4. The number of hydrogen-bond donors (Lipinski definition) is 2. The molecule has 0 atom stereocenters. The lowest BCUT2D eigenvalue weighted by atomic mass is 10.3. The van der Waals surface area contributed by atoms with Crippen molar-refractivity contribution in [1.82, 2.24) is 10.6 Å². The zero-order valence-electron chi connectivity index (χ0n) is 9.22. The van der Waals surface area contributed by atoms with Crippen molar-refractivity contribution in [2.24, 2.45) is 5.84 Å². The standard InChI is InChI=1S/C11H10FN3O3/c12-7-1-3-8(4-2-7)17-6-9-5-10(15-18-9)11(16)14-13/h1-5H,6,13H2,(H,14,16). The minimum atomic E-state index is -0.549. The number of amides is 1. The average molecular weight is 251 g/mol. The van der Waals surface area contributed by atoms with Crippen molar-refractivity contribution in [3.8, 4) is 5.75 Å². The molecule has 0 aliphatic heterocycles. The van der Waals surface area contributed by atoms with Crippen molar-refractivity contribution in [3.63, 3.8) is 0 Å². The van der Waals surface area contributed by atoms with Gasteiger partial charge in [-0.15, -0.1) is 0 Å². The summed E-state index contributed by atoms with van der Waals surface area (Å²) in [5.41, 5.74) is 2.00. The van der Waals surface area contributed by atoms with Crippen molar-refractivity contribution in [2.75, 3.05) is 0 Å². The first kappa shape index (κ1) is 12.1. The zero-order valence-corrected chi connectivity index (χ0v) is 9.22. The van der Waals surface area contributed by atoms with Crippen LogP contribution in [0.25, 0.3) is 0 Å². The van der Waals surface area contributed by atoms with Crippen LogP contribution in [0.4, 0.5) is 4.39 Å². The average Bonchev–Trinajstić information content (AvgIpc) is 2.86. The molecule has 2 rings (SSSR count). The van der Waals surface area contributed by atoms with E-state index in [2.05, 4.69) is 5.16 Å². The minimum absolute atomic E-state index is 0.0650. The van der Waals surface area contributed by atoms with Crippen LogP contribution in [0.5, 0.6) is 5.75 Å². The quantitative estimate of drug-likeness (QED) is 0.480. The van der Waals surface area contributed by atoms with Gasteiger partial charge in [-0.1, -0.05) is 5.16 Å². The molecule has 3 N–H and O–H groups in total. The first-order valence-corrected chi connectivity index (χ1v) is 5.04. The fraction of sp³-hybridized carbons (Fsp3) is 0.0909. The van der Waals surface area contributed by atoms with Gasteiger partial charge in [0.2, 0.25) is 0 Å². The molecule has 0 saturated carbocycles. The van der Waals surface area contributed by atoms with Gasteiger partial charge in [0, 0.05) is 6.07 Å². The third-order valence-electron chi connectivity index (χ3n) is 2.12. The monoisotopic (exact) mass is 251 g/mol. The highest BCUT2D eigenvalue weighted by Gasteiger charge is 2.11. The van der Waals surface area contributed by atoms with Crippen molar-refractivity contribution in [3.05, 3.63) is 47.6 Å². The second kappa shape index (κ2) is 5.28. The number of ether oxygens (including phenoxy) is 1. The largest absolute Gasteiger partial charge is 0.486 e. The summed E-state index contributed by atoms with van der Waals surface area (Å²) in [6.45, 7) is 0.0798. The van der Waals surface area contributed by atoms with Crippen molar-refractivity contribution in [2.45, 2.75) is 6.61 Å². The number of carbonyl (C=O) groups excluding carboxylic acids is 1. The van der Waals surface area contributed by atoms with Crippen LogP contribution in [0.1, 0.15) is 16.2 Å². The number of benzene rings is 1. The molecule has 0 spiro atoms. The summed E-state index contributed by atoms with van der Waals surface area (Å²) in [5, 5.41) is 3.51. The zero-order chi connectivity index (χ0) is 13.0. The Labute approximate surface area is 101 Å². The first-order valence-electron chi connectivity index (χ1n) is 5.04. The van der Waals surface area contributed by atoms with E-state index in [1.54, 1.807) is 0 Å². The van der Waals surface area contributed by atoms with Crippen molar-refractivity contribution in [1.29, 1.82) is 0 Å². The van der Waals surface area contributed by atoms with Gasteiger partial charge in [0.15, 0.2) is 11.5 Å². The summed E-state index contributed by atoms with van der Waals surface area (Å²) in [7, 11) is 0. The molecule has 1 aromatic carbocycles. The van der Waals surface area contributed by atoms with Crippen LogP contribution >= 0.6 is 0 Å². The highest BCUT2D eigenvalue weighted by Crippen LogP contribution is 2.13. The highest BCUT2D eigenvalue weighted by atomic mass is 19.1. The van der Waals surface area contributed by atoms with E-state index in [4.69, 9.17) is 15.1 Å². The maximum Gasteiger partial charge on any atom is 0.287 e. The molecule has 0 fully saturated rings. The Morgan fingerprint density at radius 1 is 1.44 bits per heavy atom. The van der Waals surface area contributed by atoms with Gasteiger partial charge in [-0.25, -0.2) is 10.2 Å². The Morgan fingerprint density at radius 2 is 2.17 bits per heavy atom. The Kier molecular flexibility index (Phi) is 3.54. The van der Waals surface area contributed by atoms with Crippen LogP contribution in [-0.2, 0) is 6.61 Å².